The number of hydrogen-bond donors (Lipinski definition) is 3. The molecule has 1 aliphatic carbocycles. The van der Waals surface area contributed by atoms with Crippen LogP contribution in [0.4, 0.5) is 10.5 Å². The van der Waals surface area contributed by atoms with Gasteiger partial charge >= 0.3 is 12.0 Å². The number of fused-ring (bicyclic) bond motifs is 1. The molecule has 1 aromatic carbocycles. The van der Waals surface area contributed by atoms with E-state index in [1.165, 1.54) is 17.5 Å². The van der Waals surface area contributed by atoms with Crippen molar-refractivity contribution in [3.05, 3.63) is 29.3 Å². The van der Waals surface area contributed by atoms with Crippen molar-refractivity contribution in [1.29, 1.82) is 0 Å². The SMILES string of the molecule is CCC(C)(CNC(=O)Nc1ccc2c(c1)CCC2)C(=O)O. The van der Waals surface area contributed by atoms with E-state index in [1.54, 1.807) is 13.8 Å². The summed E-state index contributed by atoms with van der Waals surface area (Å²) < 4.78 is 0. The highest BCUT2D eigenvalue weighted by Crippen LogP contribution is 2.25. The van der Waals surface area contributed by atoms with Gasteiger partial charge in [-0.15, -0.1) is 0 Å². The molecule has 0 fully saturated rings. The smallest absolute Gasteiger partial charge is 0.319 e. The number of carbonyl (C=O) groups is 2. The van der Waals surface area contributed by atoms with Gasteiger partial charge in [-0.25, -0.2) is 4.79 Å². The van der Waals surface area contributed by atoms with Crippen molar-refractivity contribution in [3.8, 4) is 0 Å². The normalized spacial score (nSPS) is 15.9. The summed E-state index contributed by atoms with van der Waals surface area (Å²) in [5.41, 5.74) is 2.46. The van der Waals surface area contributed by atoms with E-state index in [0.717, 1.165) is 18.5 Å². The molecule has 2 amide bonds. The summed E-state index contributed by atoms with van der Waals surface area (Å²) in [6.45, 7) is 3.54. The van der Waals surface area contributed by atoms with Crippen LogP contribution in [-0.2, 0) is 17.6 Å². The Morgan fingerprint density at radius 2 is 2.00 bits per heavy atom. The Morgan fingerprint density at radius 1 is 1.29 bits per heavy atom. The van der Waals surface area contributed by atoms with Crippen LogP contribution < -0.4 is 10.6 Å². The molecule has 1 aliphatic rings. The predicted molar refractivity (Wildman–Crippen MR) is 81.5 cm³/mol. The van der Waals surface area contributed by atoms with Crippen molar-refractivity contribution >= 4 is 17.7 Å². The number of aliphatic carboxylic acids is 1. The van der Waals surface area contributed by atoms with Crippen LogP contribution in [0.5, 0.6) is 0 Å². The molecule has 1 unspecified atom stereocenters. The molecule has 0 bridgehead atoms. The second-order valence-electron chi connectivity index (χ2n) is 5.86. The average Bonchev–Trinajstić information content (AvgIpc) is 2.92. The largest absolute Gasteiger partial charge is 0.481 e. The van der Waals surface area contributed by atoms with Gasteiger partial charge in [-0.05, 0) is 55.9 Å². The molecule has 0 heterocycles. The Balaban J connectivity index is 1.92. The van der Waals surface area contributed by atoms with Gasteiger partial charge in [0.2, 0.25) is 0 Å². The number of nitrogens with one attached hydrogen (secondary N) is 2. The molecule has 0 radical (unpaired) electrons. The number of rotatable bonds is 5. The van der Waals surface area contributed by atoms with E-state index in [9.17, 15) is 9.59 Å². The minimum atomic E-state index is -0.935. The maximum Gasteiger partial charge on any atom is 0.319 e. The third-order valence-electron chi connectivity index (χ3n) is 4.29. The zero-order valence-electron chi connectivity index (χ0n) is 12.5. The first kappa shape index (κ1) is 15.4. The highest BCUT2D eigenvalue weighted by atomic mass is 16.4. The molecule has 2 rings (SSSR count). The Labute approximate surface area is 124 Å². The van der Waals surface area contributed by atoms with Crippen LogP contribution in [-0.4, -0.2) is 23.7 Å². The first-order valence-electron chi connectivity index (χ1n) is 7.34. The topological polar surface area (TPSA) is 78.4 Å². The van der Waals surface area contributed by atoms with Crippen LogP contribution in [0.2, 0.25) is 0 Å². The fourth-order valence-electron chi connectivity index (χ4n) is 2.45. The van der Waals surface area contributed by atoms with E-state index in [-0.39, 0.29) is 12.6 Å². The second kappa shape index (κ2) is 6.16. The maximum atomic E-state index is 11.9. The Bertz CT molecular complexity index is 556. The molecule has 21 heavy (non-hydrogen) atoms. The number of aryl methyl sites for hydroxylation is 2. The third kappa shape index (κ3) is 3.54. The molecular formula is C16H22N2O3. The van der Waals surface area contributed by atoms with E-state index < -0.39 is 11.4 Å². The van der Waals surface area contributed by atoms with Gasteiger partial charge in [0, 0.05) is 12.2 Å². The second-order valence-corrected chi connectivity index (χ2v) is 5.86. The molecular weight excluding hydrogens is 268 g/mol. The maximum absolute atomic E-state index is 11.9. The van der Waals surface area contributed by atoms with Gasteiger partial charge in [0.25, 0.3) is 0 Å². The van der Waals surface area contributed by atoms with Crippen molar-refractivity contribution in [2.45, 2.75) is 39.5 Å². The lowest BCUT2D eigenvalue weighted by Gasteiger charge is -2.23. The number of urea groups is 1. The van der Waals surface area contributed by atoms with E-state index in [0.29, 0.717) is 6.42 Å². The summed E-state index contributed by atoms with van der Waals surface area (Å²) in [6.07, 6.45) is 3.79. The highest BCUT2D eigenvalue weighted by molar-refractivity contribution is 5.89. The van der Waals surface area contributed by atoms with Gasteiger partial charge < -0.3 is 15.7 Å². The molecule has 0 saturated heterocycles. The fourth-order valence-corrected chi connectivity index (χ4v) is 2.45. The van der Waals surface area contributed by atoms with Crippen molar-refractivity contribution in [1.82, 2.24) is 5.32 Å². The van der Waals surface area contributed by atoms with Gasteiger partial charge in [-0.1, -0.05) is 13.0 Å². The minimum absolute atomic E-state index is 0.107. The molecule has 0 spiro atoms. The highest BCUT2D eigenvalue weighted by Gasteiger charge is 2.31. The van der Waals surface area contributed by atoms with Crippen LogP contribution >= 0.6 is 0 Å². The van der Waals surface area contributed by atoms with Gasteiger partial charge in [0.1, 0.15) is 0 Å². The van der Waals surface area contributed by atoms with E-state index in [2.05, 4.69) is 10.6 Å². The molecule has 0 aliphatic heterocycles. The van der Waals surface area contributed by atoms with Crippen LogP contribution in [0, 0.1) is 5.41 Å². The number of carboxylic acids is 1. The number of benzene rings is 1. The summed E-state index contributed by atoms with van der Waals surface area (Å²) in [4.78, 5) is 23.1. The molecule has 5 heteroatoms. The lowest BCUT2D eigenvalue weighted by atomic mass is 9.88. The first-order valence-corrected chi connectivity index (χ1v) is 7.34. The Morgan fingerprint density at radius 3 is 2.67 bits per heavy atom. The summed E-state index contributed by atoms with van der Waals surface area (Å²) in [5, 5.41) is 14.6. The quantitative estimate of drug-likeness (QED) is 0.780. The molecule has 114 valence electrons. The van der Waals surface area contributed by atoms with Gasteiger partial charge in [-0.3, -0.25) is 4.79 Å². The van der Waals surface area contributed by atoms with Crippen LogP contribution in [0.1, 0.15) is 37.8 Å². The Kier molecular flexibility index (Phi) is 4.50. The molecule has 1 aromatic rings. The van der Waals surface area contributed by atoms with Crippen molar-refractivity contribution in [2.75, 3.05) is 11.9 Å². The van der Waals surface area contributed by atoms with Crippen LogP contribution in [0.15, 0.2) is 18.2 Å². The summed E-state index contributed by atoms with van der Waals surface area (Å²) >= 11 is 0. The number of anilines is 1. The lowest BCUT2D eigenvalue weighted by Crippen LogP contribution is -2.42. The Hall–Kier alpha value is -2.04. The zero-order valence-corrected chi connectivity index (χ0v) is 12.5. The molecule has 3 N–H and O–H groups in total. The fraction of sp³-hybridized carbons (Fsp3) is 0.500. The van der Waals surface area contributed by atoms with Crippen LogP contribution in [0.3, 0.4) is 0 Å². The summed E-state index contributed by atoms with van der Waals surface area (Å²) in [5.74, 6) is -0.900. The number of carbonyl (C=O) groups excluding carboxylic acids is 1. The summed E-state index contributed by atoms with van der Waals surface area (Å²) in [7, 11) is 0. The number of hydrogen-bond acceptors (Lipinski definition) is 2. The standard InChI is InChI=1S/C16H22N2O3/c1-3-16(2,14(19)20)10-17-15(21)18-13-8-7-11-5-4-6-12(11)9-13/h7-9H,3-6,10H2,1-2H3,(H,19,20)(H2,17,18,21). The summed E-state index contributed by atoms with van der Waals surface area (Å²) in [6, 6.07) is 5.57. The van der Waals surface area contributed by atoms with Crippen molar-refractivity contribution in [2.24, 2.45) is 5.41 Å². The van der Waals surface area contributed by atoms with Gasteiger partial charge in [0.05, 0.1) is 5.41 Å². The minimum Gasteiger partial charge on any atom is -0.481 e. The van der Waals surface area contributed by atoms with E-state index in [4.69, 9.17) is 5.11 Å². The molecule has 1 atom stereocenters. The number of carboxylic acid groups (broad SMARTS) is 1. The zero-order chi connectivity index (χ0) is 15.5. The van der Waals surface area contributed by atoms with Crippen LogP contribution in [0.25, 0.3) is 0 Å². The van der Waals surface area contributed by atoms with Crippen molar-refractivity contribution < 1.29 is 14.7 Å². The molecule has 0 aromatic heterocycles. The average molecular weight is 290 g/mol. The molecule has 5 nitrogen and oxygen atoms in total. The number of amides is 2. The monoisotopic (exact) mass is 290 g/mol. The first-order chi connectivity index (χ1) is 9.94. The van der Waals surface area contributed by atoms with Gasteiger partial charge in [0.15, 0.2) is 0 Å². The predicted octanol–water partition coefficient (Wildman–Crippen LogP) is 2.80. The third-order valence-corrected chi connectivity index (χ3v) is 4.29. The van der Waals surface area contributed by atoms with Crippen molar-refractivity contribution in [3.63, 3.8) is 0 Å². The van der Waals surface area contributed by atoms with E-state index >= 15 is 0 Å². The lowest BCUT2D eigenvalue weighted by molar-refractivity contribution is -0.147. The molecule has 0 saturated carbocycles. The van der Waals surface area contributed by atoms with Gasteiger partial charge in [-0.2, -0.15) is 0 Å². The van der Waals surface area contributed by atoms with E-state index in [1.807, 2.05) is 18.2 Å².